The van der Waals surface area contributed by atoms with Gasteiger partial charge in [-0.05, 0) is 29.4 Å². The Morgan fingerprint density at radius 2 is 1.93 bits per heavy atom. The third-order valence-electron chi connectivity index (χ3n) is 3.04. The summed E-state index contributed by atoms with van der Waals surface area (Å²) in [6, 6.07) is 12.0. The summed E-state index contributed by atoms with van der Waals surface area (Å²) in [7, 11) is 0. The van der Waals surface area contributed by atoms with Gasteiger partial charge in [0.2, 0.25) is 0 Å². The minimum Gasteiger partial charge on any atom is -0.507 e. The predicted octanol–water partition coefficient (Wildman–Crippen LogP) is 4.06. The fourth-order valence-electron chi connectivity index (χ4n) is 1.83. The van der Waals surface area contributed by atoms with E-state index in [0.29, 0.717) is 11.7 Å². The third kappa shape index (κ3) is 1.82. The second kappa shape index (κ2) is 3.93. The minimum absolute atomic E-state index is 0.392. The van der Waals surface area contributed by atoms with E-state index in [4.69, 9.17) is 0 Å². The van der Waals surface area contributed by atoms with Crippen LogP contribution in [-0.4, -0.2) is 5.11 Å². The smallest absolute Gasteiger partial charge is 0.123 e. The molecule has 1 unspecified atom stereocenters. The summed E-state index contributed by atoms with van der Waals surface area (Å²) < 4.78 is 0. The monoisotopic (exact) mass is 200 g/mol. The highest BCUT2D eigenvalue weighted by molar-refractivity contribution is 5.88. The Bertz CT molecular complexity index is 474. The summed E-state index contributed by atoms with van der Waals surface area (Å²) >= 11 is 0. The normalized spacial score (nSPS) is 12.9. The molecule has 0 spiro atoms. The fourth-order valence-corrected chi connectivity index (χ4v) is 1.83. The van der Waals surface area contributed by atoms with Crippen LogP contribution in [0.1, 0.15) is 31.7 Å². The number of fused-ring (bicyclic) bond motifs is 1. The maximum atomic E-state index is 9.90. The number of aromatic hydroxyl groups is 1. The molecule has 0 radical (unpaired) electrons. The molecule has 0 aromatic heterocycles. The lowest BCUT2D eigenvalue weighted by molar-refractivity contribution is 0.480. The molecule has 2 aromatic carbocycles. The maximum Gasteiger partial charge on any atom is 0.123 e. The van der Waals surface area contributed by atoms with Gasteiger partial charge in [-0.15, -0.1) is 0 Å². The van der Waals surface area contributed by atoms with Crippen molar-refractivity contribution in [3.8, 4) is 5.75 Å². The number of rotatable bonds is 2. The number of benzene rings is 2. The van der Waals surface area contributed by atoms with Gasteiger partial charge in [-0.1, -0.05) is 44.2 Å². The van der Waals surface area contributed by atoms with Crippen molar-refractivity contribution in [1.82, 2.24) is 0 Å². The van der Waals surface area contributed by atoms with Crippen LogP contribution >= 0.6 is 0 Å². The van der Waals surface area contributed by atoms with Gasteiger partial charge in [-0.2, -0.15) is 0 Å². The minimum atomic E-state index is 0.392. The second-order valence-electron chi connectivity index (χ2n) is 4.07. The van der Waals surface area contributed by atoms with Gasteiger partial charge in [0.15, 0.2) is 0 Å². The van der Waals surface area contributed by atoms with Crippen LogP contribution in [0.5, 0.6) is 5.75 Å². The first-order valence-electron chi connectivity index (χ1n) is 5.44. The van der Waals surface area contributed by atoms with Crippen LogP contribution in [0.25, 0.3) is 10.8 Å². The first kappa shape index (κ1) is 10.0. The van der Waals surface area contributed by atoms with E-state index in [2.05, 4.69) is 19.9 Å². The van der Waals surface area contributed by atoms with Crippen LogP contribution in [-0.2, 0) is 0 Å². The lowest BCUT2D eigenvalue weighted by atomic mass is 9.95. The molecule has 0 saturated heterocycles. The van der Waals surface area contributed by atoms with E-state index in [1.807, 2.05) is 30.3 Å². The van der Waals surface area contributed by atoms with E-state index in [9.17, 15) is 5.11 Å². The number of phenolic OH excluding ortho intramolecular Hbond substituents is 1. The van der Waals surface area contributed by atoms with Crippen LogP contribution in [0.15, 0.2) is 36.4 Å². The zero-order valence-corrected chi connectivity index (χ0v) is 9.20. The van der Waals surface area contributed by atoms with Crippen LogP contribution < -0.4 is 0 Å². The van der Waals surface area contributed by atoms with Crippen molar-refractivity contribution in [3.63, 3.8) is 0 Å². The molecule has 0 bridgehead atoms. The lowest BCUT2D eigenvalue weighted by Crippen LogP contribution is -1.91. The van der Waals surface area contributed by atoms with E-state index in [-0.39, 0.29) is 0 Å². The summed E-state index contributed by atoms with van der Waals surface area (Å²) in [5.74, 6) is 0.893. The summed E-state index contributed by atoms with van der Waals surface area (Å²) in [5.41, 5.74) is 1.22. The first-order valence-corrected chi connectivity index (χ1v) is 5.44. The Balaban J connectivity index is 2.62. The Kier molecular flexibility index (Phi) is 2.63. The van der Waals surface area contributed by atoms with Crippen LogP contribution in [0.3, 0.4) is 0 Å². The van der Waals surface area contributed by atoms with Gasteiger partial charge < -0.3 is 5.11 Å². The van der Waals surface area contributed by atoms with Gasteiger partial charge in [-0.25, -0.2) is 0 Å². The summed E-state index contributed by atoms with van der Waals surface area (Å²) in [6.45, 7) is 4.35. The SMILES string of the molecule is CCC(C)c1cc(O)c2ccccc2c1. The van der Waals surface area contributed by atoms with Gasteiger partial charge in [0.05, 0.1) is 0 Å². The van der Waals surface area contributed by atoms with E-state index in [1.165, 1.54) is 5.56 Å². The summed E-state index contributed by atoms with van der Waals surface area (Å²) in [4.78, 5) is 0. The Morgan fingerprint density at radius 1 is 1.20 bits per heavy atom. The zero-order valence-electron chi connectivity index (χ0n) is 9.20. The van der Waals surface area contributed by atoms with Crippen molar-refractivity contribution < 1.29 is 5.11 Å². The average Bonchev–Trinajstić information content (AvgIpc) is 2.28. The van der Waals surface area contributed by atoms with Crippen molar-refractivity contribution in [1.29, 1.82) is 0 Å². The highest BCUT2D eigenvalue weighted by atomic mass is 16.3. The van der Waals surface area contributed by atoms with Gasteiger partial charge >= 0.3 is 0 Å². The van der Waals surface area contributed by atoms with Crippen molar-refractivity contribution in [2.24, 2.45) is 0 Å². The number of hydrogen-bond donors (Lipinski definition) is 1. The van der Waals surface area contributed by atoms with Gasteiger partial charge in [0.1, 0.15) is 5.75 Å². The Morgan fingerprint density at radius 3 is 2.67 bits per heavy atom. The molecule has 0 heterocycles. The van der Waals surface area contributed by atoms with Gasteiger partial charge in [0, 0.05) is 5.39 Å². The van der Waals surface area contributed by atoms with Crippen LogP contribution in [0.2, 0.25) is 0 Å². The molecule has 1 atom stereocenters. The molecule has 15 heavy (non-hydrogen) atoms. The molecule has 0 saturated carbocycles. The van der Waals surface area contributed by atoms with Crippen LogP contribution in [0.4, 0.5) is 0 Å². The average molecular weight is 200 g/mol. The van der Waals surface area contributed by atoms with Crippen molar-refractivity contribution in [3.05, 3.63) is 42.0 Å². The second-order valence-corrected chi connectivity index (χ2v) is 4.07. The molecule has 2 aromatic rings. The molecule has 0 aliphatic heterocycles. The van der Waals surface area contributed by atoms with E-state index >= 15 is 0 Å². The summed E-state index contributed by atoms with van der Waals surface area (Å²) in [6.07, 6.45) is 1.10. The molecule has 1 N–H and O–H groups in total. The molecular weight excluding hydrogens is 184 g/mol. The quantitative estimate of drug-likeness (QED) is 0.775. The largest absolute Gasteiger partial charge is 0.507 e. The van der Waals surface area contributed by atoms with Crippen molar-refractivity contribution in [2.75, 3.05) is 0 Å². The first-order chi connectivity index (χ1) is 7.22. The third-order valence-corrected chi connectivity index (χ3v) is 3.04. The molecule has 1 nitrogen and oxygen atoms in total. The number of phenols is 1. The Hall–Kier alpha value is -1.50. The van der Waals surface area contributed by atoms with Crippen LogP contribution in [0, 0.1) is 0 Å². The molecule has 0 aliphatic rings. The standard InChI is InChI=1S/C14H16O/c1-3-10(2)12-8-11-6-4-5-7-13(11)14(15)9-12/h4-10,15H,3H2,1-2H3. The molecule has 0 amide bonds. The molecule has 0 fully saturated rings. The van der Waals surface area contributed by atoms with Crippen molar-refractivity contribution >= 4 is 10.8 Å². The topological polar surface area (TPSA) is 20.2 Å². The van der Waals surface area contributed by atoms with E-state index in [1.54, 1.807) is 0 Å². The molecule has 78 valence electrons. The fraction of sp³-hybridized carbons (Fsp3) is 0.286. The molecule has 2 rings (SSSR count). The zero-order chi connectivity index (χ0) is 10.8. The van der Waals surface area contributed by atoms with E-state index in [0.717, 1.165) is 17.2 Å². The van der Waals surface area contributed by atoms with Gasteiger partial charge in [0.25, 0.3) is 0 Å². The highest BCUT2D eigenvalue weighted by Gasteiger charge is 2.07. The predicted molar refractivity (Wildman–Crippen MR) is 64.3 cm³/mol. The molecular formula is C14H16O. The molecule has 1 heteroatoms. The highest BCUT2D eigenvalue weighted by Crippen LogP contribution is 2.30. The van der Waals surface area contributed by atoms with E-state index < -0.39 is 0 Å². The summed E-state index contributed by atoms with van der Waals surface area (Å²) in [5, 5.41) is 11.9. The van der Waals surface area contributed by atoms with Crippen molar-refractivity contribution in [2.45, 2.75) is 26.2 Å². The lowest BCUT2D eigenvalue weighted by Gasteiger charge is -2.11. The van der Waals surface area contributed by atoms with Gasteiger partial charge in [-0.3, -0.25) is 0 Å². The number of hydrogen-bond acceptors (Lipinski definition) is 1. The Labute approximate surface area is 90.4 Å². The maximum absolute atomic E-state index is 9.90. The molecule has 0 aliphatic carbocycles.